The number of carbonyl (C=O) groups excluding carboxylic acids is 2. The molecule has 0 heterocycles. The van der Waals surface area contributed by atoms with Gasteiger partial charge >= 0.3 is 6.09 Å². The Balaban J connectivity index is 3.40. The first-order chi connectivity index (χ1) is 11.0. The molecule has 0 aromatic heterocycles. The molecule has 132 valence electrons. The van der Waals surface area contributed by atoms with Crippen molar-refractivity contribution in [2.75, 3.05) is 14.2 Å². The monoisotopic (exact) mass is 338 g/mol. The zero-order chi connectivity index (χ0) is 18.7. The predicted octanol–water partition coefficient (Wildman–Crippen LogP) is 2.88. The van der Waals surface area contributed by atoms with E-state index in [0.717, 1.165) is 4.90 Å². The van der Waals surface area contributed by atoms with Crippen LogP contribution in [-0.4, -0.2) is 42.0 Å². The Labute approximate surface area is 140 Å². The molecule has 1 aromatic rings. The van der Waals surface area contributed by atoms with E-state index in [0.29, 0.717) is 6.29 Å². The van der Waals surface area contributed by atoms with Gasteiger partial charge in [0, 0.05) is 7.05 Å². The van der Waals surface area contributed by atoms with Gasteiger partial charge < -0.3 is 14.3 Å². The third kappa shape index (κ3) is 4.01. The highest BCUT2D eigenvalue weighted by Gasteiger charge is 2.41. The molecule has 0 bridgehead atoms. The molecule has 1 rings (SSSR count). The minimum atomic E-state index is -1.57. The first-order valence-electron chi connectivity index (χ1n) is 7.22. The fraction of sp³-hybridized carbons (Fsp3) is 0.500. The van der Waals surface area contributed by atoms with Crippen molar-refractivity contribution >= 4 is 18.1 Å². The summed E-state index contributed by atoms with van der Waals surface area (Å²) in [7, 11) is 2.74. The third-order valence-electron chi connectivity index (χ3n) is 3.54. The van der Waals surface area contributed by atoms with Gasteiger partial charge in [-0.25, -0.2) is 4.79 Å². The second-order valence-corrected chi connectivity index (χ2v) is 6.44. The number of rotatable bonds is 5. The molecule has 1 amide bonds. The first kappa shape index (κ1) is 19.4. The molecule has 0 aliphatic rings. The normalized spacial score (nSPS) is 13.6. The minimum Gasteiger partial charge on any atom is -0.497 e. The van der Waals surface area contributed by atoms with E-state index in [4.69, 9.17) is 9.47 Å². The predicted molar refractivity (Wildman–Crippen MR) is 87.1 cm³/mol. The number of aldehydes is 1. The Morgan fingerprint density at radius 1 is 1.29 bits per heavy atom. The highest BCUT2D eigenvalue weighted by atomic mass is 16.6. The second kappa shape index (κ2) is 6.86. The number of ether oxygens (including phenoxy) is 2. The van der Waals surface area contributed by atoms with Crippen LogP contribution in [0.15, 0.2) is 18.2 Å². The summed E-state index contributed by atoms with van der Waals surface area (Å²) < 4.78 is 10.2. The zero-order valence-corrected chi connectivity index (χ0v) is 14.7. The molecule has 0 saturated heterocycles. The number of nitro groups is 1. The smallest absolute Gasteiger partial charge is 0.411 e. The summed E-state index contributed by atoms with van der Waals surface area (Å²) in [5, 5.41) is 11.4. The van der Waals surface area contributed by atoms with Crippen LogP contribution in [0.25, 0.3) is 0 Å². The molecule has 0 spiro atoms. The molecule has 8 heteroatoms. The molecule has 0 radical (unpaired) electrons. The van der Waals surface area contributed by atoms with Gasteiger partial charge in [-0.15, -0.1) is 0 Å². The quantitative estimate of drug-likeness (QED) is 0.465. The van der Waals surface area contributed by atoms with Crippen molar-refractivity contribution in [3.8, 4) is 5.75 Å². The van der Waals surface area contributed by atoms with E-state index in [2.05, 4.69) is 0 Å². The van der Waals surface area contributed by atoms with Crippen molar-refractivity contribution in [3.05, 3.63) is 33.9 Å². The molecule has 1 atom stereocenters. The summed E-state index contributed by atoms with van der Waals surface area (Å²) in [4.78, 5) is 35.8. The Bertz CT molecular complexity index is 652. The van der Waals surface area contributed by atoms with Crippen LogP contribution in [-0.2, 0) is 15.1 Å². The Hall–Kier alpha value is -2.64. The van der Waals surface area contributed by atoms with Gasteiger partial charge in [0.1, 0.15) is 23.2 Å². The number of benzene rings is 1. The van der Waals surface area contributed by atoms with Crippen LogP contribution in [0, 0.1) is 10.1 Å². The Morgan fingerprint density at radius 3 is 2.29 bits per heavy atom. The number of carbonyl (C=O) groups is 2. The van der Waals surface area contributed by atoms with Crippen molar-refractivity contribution in [1.29, 1.82) is 0 Å². The van der Waals surface area contributed by atoms with Crippen molar-refractivity contribution < 1.29 is 24.0 Å². The van der Waals surface area contributed by atoms with Crippen molar-refractivity contribution in [2.24, 2.45) is 0 Å². The summed E-state index contributed by atoms with van der Waals surface area (Å²) in [5.74, 6) is 0.277. The molecule has 0 aliphatic heterocycles. The highest BCUT2D eigenvalue weighted by Crippen LogP contribution is 2.35. The fourth-order valence-electron chi connectivity index (χ4n) is 2.06. The van der Waals surface area contributed by atoms with Crippen LogP contribution in [0.2, 0.25) is 0 Å². The van der Waals surface area contributed by atoms with Crippen LogP contribution in [0.4, 0.5) is 10.5 Å². The summed E-state index contributed by atoms with van der Waals surface area (Å²) in [6, 6.07) is 4.10. The van der Waals surface area contributed by atoms with Crippen LogP contribution in [0.5, 0.6) is 5.75 Å². The van der Waals surface area contributed by atoms with Crippen LogP contribution in [0.1, 0.15) is 33.3 Å². The maximum atomic E-state index is 12.3. The van der Waals surface area contributed by atoms with Crippen LogP contribution >= 0.6 is 0 Å². The standard InChI is InChI=1S/C16H22N2O6/c1-15(2,3)24-14(20)17(5)16(4,10-19)12-8-7-11(23-6)9-13(12)18(21)22/h7-10H,1-6H3. The molecule has 1 aromatic carbocycles. The summed E-state index contributed by atoms with van der Waals surface area (Å²) in [5.41, 5.74) is -2.59. The van der Waals surface area contributed by atoms with E-state index in [-0.39, 0.29) is 17.0 Å². The lowest BCUT2D eigenvalue weighted by molar-refractivity contribution is -0.386. The molecule has 0 saturated carbocycles. The number of amides is 1. The zero-order valence-electron chi connectivity index (χ0n) is 14.7. The van der Waals surface area contributed by atoms with Gasteiger partial charge in [0.2, 0.25) is 0 Å². The summed E-state index contributed by atoms with van der Waals surface area (Å²) in [6.45, 7) is 6.48. The maximum absolute atomic E-state index is 12.3. The number of hydrogen-bond acceptors (Lipinski definition) is 6. The largest absolute Gasteiger partial charge is 0.497 e. The Kier molecular flexibility index (Phi) is 5.54. The van der Waals surface area contributed by atoms with Gasteiger partial charge in [0.05, 0.1) is 23.7 Å². The van der Waals surface area contributed by atoms with E-state index < -0.39 is 22.2 Å². The minimum absolute atomic E-state index is 0.0664. The number of nitro benzene ring substituents is 1. The van der Waals surface area contributed by atoms with Gasteiger partial charge in [0.25, 0.3) is 5.69 Å². The molecule has 8 nitrogen and oxygen atoms in total. The summed E-state index contributed by atoms with van der Waals surface area (Å²) in [6.07, 6.45) is -0.284. The van der Waals surface area contributed by atoms with Crippen LogP contribution < -0.4 is 4.74 Å². The fourth-order valence-corrected chi connectivity index (χ4v) is 2.06. The average molecular weight is 338 g/mol. The van der Waals surface area contributed by atoms with Gasteiger partial charge in [-0.2, -0.15) is 0 Å². The van der Waals surface area contributed by atoms with Gasteiger partial charge in [0.15, 0.2) is 0 Å². The van der Waals surface area contributed by atoms with Crippen molar-refractivity contribution in [1.82, 2.24) is 4.90 Å². The van der Waals surface area contributed by atoms with E-state index in [1.807, 2.05) is 0 Å². The molecule has 0 N–H and O–H groups in total. The number of methoxy groups -OCH3 is 1. The SMILES string of the molecule is COc1ccc(C(C)(C=O)N(C)C(=O)OC(C)(C)C)c([N+](=O)[O-])c1. The molecule has 0 fully saturated rings. The topological polar surface area (TPSA) is 99.0 Å². The lowest BCUT2D eigenvalue weighted by Crippen LogP contribution is -2.48. The molecule has 1 unspecified atom stereocenters. The van der Waals surface area contributed by atoms with Gasteiger partial charge in [-0.3, -0.25) is 15.0 Å². The lowest BCUT2D eigenvalue weighted by Gasteiger charge is -2.35. The van der Waals surface area contributed by atoms with Gasteiger partial charge in [-0.1, -0.05) is 0 Å². The number of nitrogens with zero attached hydrogens (tertiary/aromatic N) is 2. The van der Waals surface area contributed by atoms with Crippen molar-refractivity contribution in [2.45, 2.75) is 38.8 Å². The molecular weight excluding hydrogens is 316 g/mol. The lowest BCUT2D eigenvalue weighted by atomic mass is 9.90. The number of hydrogen-bond donors (Lipinski definition) is 0. The molecular formula is C16H22N2O6. The molecule has 24 heavy (non-hydrogen) atoms. The van der Waals surface area contributed by atoms with E-state index >= 15 is 0 Å². The van der Waals surface area contributed by atoms with Crippen LogP contribution in [0.3, 0.4) is 0 Å². The third-order valence-corrected chi connectivity index (χ3v) is 3.54. The highest BCUT2D eigenvalue weighted by molar-refractivity contribution is 5.79. The first-order valence-corrected chi connectivity index (χ1v) is 7.22. The Morgan fingerprint density at radius 2 is 1.88 bits per heavy atom. The van der Waals surface area contributed by atoms with E-state index in [1.165, 1.54) is 39.3 Å². The number of likely N-dealkylation sites (N-methyl/N-ethyl adjacent to an activating group) is 1. The van der Waals surface area contributed by atoms with Gasteiger partial charge in [-0.05, 0) is 39.8 Å². The van der Waals surface area contributed by atoms with E-state index in [9.17, 15) is 19.7 Å². The molecule has 0 aliphatic carbocycles. The van der Waals surface area contributed by atoms with E-state index in [1.54, 1.807) is 20.8 Å². The maximum Gasteiger partial charge on any atom is 0.411 e. The average Bonchev–Trinajstić information content (AvgIpc) is 2.50. The summed E-state index contributed by atoms with van der Waals surface area (Å²) >= 11 is 0. The van der Waals surface area contributed by atoms with Crippen molar-refractivity contribution in [3.63, 3.8) is 0 Å². The second-order valence-electron chi connectivity index (χ2n) is 6.44.